The van der Waals surface area contributed by atoms with Gasteiger partial charge < -0.3 is 14.7 Å². The van der Waals surface area contributed by atoms with Crippen molar-refractivity contribution in [3.05, 3.63) is 69.9 Å². The maximum Gasteiger partial charge on any atom is 0.348 e. The van der Waals surface area contributed by atoms with E-state index in [4.69, 9.17) is 0 Å². The van der Waals surface area contributed by atoms with Gasteiger partial charge in [-0.2, -0.15) is 8.78 Å². The molecule has 1 aromatic carbocycles. The third-order valence-corrected chi connectivity index (χ3v) is 6.95. The highest BCUT2D eigenvalue weighted by molar-refractivity contribution is 7.13. The minimum absolute atomic E-state index is 0.0995. The second-order valence-electron chi connectivity index (χ2n) is 8.38. The highest BCUT2D eigenvalue weighted by atomic mass is 32.1. The molecule has 1 amide bonds. The summed E-state index contributed by atoms with van der Waals surface area (Å²) >= 11 is 1.29. The number of nitrogens with zero attached hydrogens (tertiary/aromatic N) is 1. The quantitative estimate of drug-likeness (QED) is 0.404. The fourth-order valence-corrected chi connectivity index (χ4v) is 4.91. The van der Waals surface area contributed by atoms with Gasteiger partial charge in [-0.3, -0.25) is 4.79 Å². The predicted octanol–water partition coefficient (Wildman–Crippen LogP) is 4.50. The van der Waals surface area contributed by atoms with Crippen LogP contribution >= 0.6 is 11.3 Å². The first-order chi connectivity index (χ1) is 15.7. The van der Waals surface area contributed by atoms with Crippen LogP contribution in [0.15, 0.2) is 54.6 Å². The fraction of sp³-hybridized carbons (Fsp3) is 0.440. The summed E-state index contributed by atoms with van der Waals surface area (Å²) in [4.78, 5) is 26.4. The molecule has 8 heteroatoms. The van der Waals surface area contributed by atoms with Crippen molar-refractivity contribution in [2.75, 3.05) is 13.7 Å². The number of rotatable bonds is 10. The molecule has 0 spiro atoms. The Labute approximate surface area is 196 Å². The van der Waals surface area contributed by atoms with E-state index in [1.54, 1.807) is 12.1 Å². The summed E-state index contributed by atoms with van der Waals surface area (Å²) in [5, 5.41) is 10.5. The Morgan fingerprint density at radius 1 is 1.30 bits per heavy atom. The number of alkyl halides is 2. The molecular weight excluding hydrogens is 448 g/mol. The number of hydrogen-bond acceptors (Lipinski definition) is 5. The first-order valence-electron chi connectivity index (χ1n) is 11.0. The van der Waals surface area contributed by atoms with E-state index in [1.807, 2.05) is 37.3 Å². The Hall–Kier alpha value is -2.58. The van der Waals surface area contributed by atoms with Crippen molar-refractivity contribution < 1.29 is 28.2 Å². The van der Waals surface area contributed by atoms with Crippen molar-refractivity contribution in [2.24, 2.45) is 5.92 Å². The number of esters is 1. The lowest BCUT2D eigenvalue weighted by atomic mass is 9.95. The molecule has 1 aliphatic heterocycles. The summed E-state index contributed by atoms with van der Waals surface area (Å²) in [6.07, 6.45) is 3.37. The molecule has 5 nitrogen and oxygen atoms in total. The van der Waals surface area contributed by atoms with Crippen LogP contribution in [0.25, 0.3) is 0 Å². The van der Waals surface area contributed by atoms with Gasteiger partial charge in [0, 0.05) is 17.8 Å². The Morgan fingerprint density at radius 3 is 2.73 bits per heavy atom. The molecule has 178 valence electrons. The number of thiophene rings is 1. The van der Waals surface area contributed by atoms with Crippen LogP contribution in [0.2, 0.25) is 0 Å². The van der Waals surface area contributed by atoms with Crippen LogP contribution in [0.5, 0.6) is 0 Å². The summed E-state index contributed by atoms with van der Waals surface area (Å²) in [6.45, 7) is 2.07. The van der Waals surface area contributed by atoms with Crippen LogP contribution in [-0.4, -0.2) is 53.6 Å². The number of methoxy groups -OCH3 is 1. The number of benzene rings is 1. The number of aliphatic hydroxyl groups excluding tert-OH is 1. The Morgan fingerprint density at radius 2 is 2.03 bits per heavy atom. The average Bonchev–Trinajstić information content (AvgIpc) is 3.35. The number of halogens is 2. The third-order valence-electron chi connectivity index (χ3n) is 5.82. The van der Waals surface area contributed by atoms with Crippen LogP contribution < -0.4 is 0 Å². The van der Waals surface area contributed by atoms with Crippen LogP contribution in [0.4, 0.5) is 8.78 Å². The number of ether oxygens (including phenoxy) is 1. The van der Waals surface area contributed by atoms with Gasteiger partial charge in [-0.05, 0) is 42.9 Å². The number of aryl methyl sites for hydroxylation is 1. The number of aliphatic hydroxyl groups is 1. The summed E-state index contributed by atoms with van der Waals surface area (Å²) in [6, 6.07) is 12.5. The fourth-order valence-electron chi connectivity index (χ4n) is 3.94. The van der Waals surface area contributed by atoms with E-state index < -0.39 is 36.4 Å². The first kappa shape index (κ1) is 25.1. The highest BCUT2D eigenvalue weighted by Gasteiger charge is 2.52. The zero-order chi connectivity index (χ0) is 24.0. The smallest absolute Gasteiger partial charge is 0.348 e. The van der Waals surface area contributed by atoms with E-state index in [0.717, 1.165) is 10.4 Å². The molecule has 3 atom stereocenters. The maximum atomic E-state index is 14.2. The maximum absolute atomic E-state index is 14.2. The zero-order valence-corrected chi connectivity index (χ0v) is 19.6. The number of carbonyl (C=O) groups is 2. The lowest BCUT2D eigenvalue weighted by Gasteiger charge is -2.22. The molecule has 1 N–H and O–H groups in total. The van der Waals surface area contributed by atoms with E-state index in [-0.39, 0.29) is 12.5 Å². The van der Waals surface area contributed by atoms with Gasteiger partial charge in [-0.1, -0.05) is 49.4 Å². The van der Waals surface area contributed by atoms with Gasteiger partial charge >= 0.3 is 11.9 Å². The van der Waals surface area contributed by atoms with Crippen molar-refractivity contribution >= 4 is 23.2 Å². The van der Waals surface area contributed by atoms with Crippen molar-refractivity contribution in [2.45, 2.75) is 50.7 Å². The standard InChI is InChI=1S/C25H29F2NO4S/c1-17(15-18-7-4-3-5-8-18)21(29)12-10-19-16-25(26,27)24(31)28(19)14-6-9-20-11-13-22(33-20)23(30)32-2/h3-5,7-8,10-13,17,19,21,29H,6,9,14-16H2,1-2H3/b12-10+/t17?,19?,21-/m1/s1. The second-order valence-corrected chi connectivity index (χ2v) is 9.55. The lowest BCUT2D eigenvalue weighted by molar-refractivity contribution is -0.148. The summed E-state index contributed by atoms with van der Waals surface area (Å²) in [5.41, 5.74) is 1.09. The topological polar surface area (TPSA) is 66.8 Å². The molecule has 3 rings (SSSR count). The molecule has 0 bridgehead atoms. The first-order valence-corrected chi connectivity index (χ1v) is 11.8. The molecule has 1 saturated heterocycles. The van der Waals surface area contributed by atoms with Crippen LogP contribution in [0.1, 0.15) is 39.9 Å². The number of carbonyl (C=O) groups excluding carboxylic acids is 2. The van der Waals surface area contributed by atoms with Gasteiger partial charge in [-0.15, -0.1) is 11.3 Å². The third kappa shape index (κ3) is 6.48. The van der Waals surface area contributed by atoms with Gasteiger partial charge in [-0.25, -0.2) is 4.79 Å². The molecule has 0 aliphatic carbocycles. The average molecular weight is 478 g/mol. The van der Waals surface area contributed by atoms with E-state index in [2.05, 4.69) is 4.74 Å². The van der Waals surface area contributed by atoms with Gasteiger partial charge in [0.1, 0.15) is 4.88 Å². The van der Waals surface area contributed by atoms with Crippen molar-refractivity contribution in [3.8, 4) is 0 Å². The van der Waals surface area contributed by atoms with Crippen LogP contribution in [0.3, 0.4) is 0 Å². The summed E-state index contributed by atoms with van der Waals surface area (Å²) < 4.78 is 33.0. The van der Waals surface area contributed by atoms with Crippen LogP contribution in [0, 0.1) is 5.92 Å². The Balaban J connectivity index is 1.58. The summed E-state index contributed by atoms with van der Waals surface area (Å²) in [7, 11) is 1.31. The highest BCUT2D eigenvalue weighted by Crippen LogP contribution is 2.34. The molecule has 2 aromatic rings. The van der Waals surface area contributed by atoms with E-state index in [9.17, 15) is 23.5 Å². The van der Waals surface area contributed by atoms with Crippen molar-refractivity contribution in [3.63, 3.8) is 0 Å². The largest absolute Gasteiger partial charge is 0.465 e. The predicted molar refractivity (Wildman–Crippen MR) is 124 cm³/mol. The second kappa shape index (κ2) is 11.0. The van der Waals surface area contributed by atoms with E-state index in [1.165, 1.54) is 35.5 Å². The molecule has 0 radical (unpaired) electrons. The Kier molecular flexibility index (Phi) is 8.37. The van der Waals surface area contributed by atoms with Gasteiger partial charge in [0.25, 0.3) is 5.91 Å². The molecule has 1 aliphatic rings. The Bertz CT molecular complexity index is 976. The van der Waals surface area contributed by atoms with Gasteiger partial charge in [0.05, 0.1) is 19.3 Å². The SMILES string of the molecule is COC(=O)c1ccc(CCCN2C(=O)C(F)(F)CC2/C=C/[C@@H](O)C(C)Cc2ccccc2)s1. The van der Waals surface area contributed by atoms with Crippen LogP contribution in [-0.2, 0) is 22.4 Å². The van der Waals surface area contributed by atoms with E-state index in [0.29, 0.717) is 24.1 Å². The monoisotopic (exact) mass is 477 g/mol. The zero-order valence-electron chi connectivity index (χ0n) is 18.7. The number of likely N-dealkylation sites (tertiary alicyclic amines) is 1. The van der Waals surface area contributed by atoms with Crippen molar-refractivity contribution in [1.29, 1.82) is 0 Å². The van der Waals surface area contributed by atoms with E-state index >= 15 is 0 Å². The summed E-state index contributed by atoms with van der Waals surface area (Å²) in [5.74, 6) is -5.09. The molecule has 0 saturated carbocycles. The molecule has 1 aromatic heterocycles. The molecule has 33 heavy (non-hydrogen) atoms. The molecular formula is C25H29F2NO4S. The molecule has 2 unspecified atom stereocenters. The molecule has 2 heterocycles. The normalized spacial score (nSPS) is 19.7. The minimum atomic E-state index is -3.41. The van der Waals surface area contributed by atoms with Gasteiger partial charge in [0.15, 0.2) is 0 Å². The van der Waals surface area contributed by atoms with Gasteiger partial charge in [0.2, 0.25) is 0 Å². The molecule has 1 fully saturated rings. The minimum Gasteiger partial charge on any atom is -0.465 e. The number of amides is 1. The van der Waals surface area contributed by atoms with Crippen molar-refractivity contribution in [1.82, 2.24) is 4.90 Å². The number of hydrogen-bond donors (Lipinski definition) is 1. The lowest BCUT2D eigenvalue weighted by Crippen LogP contribution is -2.37.